The Morgan fingerprint density at radius 2 is 1.94 bits per heavy atom. The van der Waals surface area contributed by atoms with E-state index < -0.39 is 6.04 Å². The Bertz CT molecular complexity index is 1510. The Balaban J connectivity index is 1.74. The molecule has 0 radical (unpaired) electrons. The minimum atomic E-state index is -0.496. The van der Waals surface area contributed by atoms with Gasteiger partial charge in [-0.1, -0.05) is 29.8 Å². The zero-order valence-electron chi connectivity index (χ0n) is 19.3. The molecule has 1 aliphatic heterocycles. The van der Waals surface area contributed by atoms with Crippen LogP contribution in [0.25, 0.3) is 5.00 Å². The summed E-state index contributed by atoms with van der Waals surface area (Å²) >= 11 is 7.73. The molecule has 35 heavy (non-hydrogen) atoms. The summed E-state index contributed by atoms with van der Waals surface area (Å²) in [4.78, 5) is 22.7. The van der Waals surface area contributed by atoms with Crippen LogP contribution in [0.2, 0.25) is 5.02 Å². The minimum absolute atomic E-state index is 0.120. The molecule has 0 saturated heterocycles. The van der Waals surface area contributed by atoms with Crippen LogP contribution in [0.3, 0.4) is 0 Å². The molecular weight excluding hydrogens is 480 g/mol. The second kappa shape index (κ2) is 9.45. The second-order valence-corrected chi connectivity index (χ2v) is 9.46. The molecule has 0 unspecified atom stereocenters. The Morgan fingerprint density at radius 3 is 2.66 bits per heavy atom. The van der Waals surface area contributed by atoms with Gasteiger partial charge in [0.2, 0.25) is 5.91 Å². The number of nitrogens with one attached hydrogen (secondary N) is 1. The molecule has 174 valence electrons. The van der Waals surface area contributed by atoms with Crippen molar-refractivity contribution < 1.29 is 4.79 Å². The average Bonchev–Trinajstić information content (AvgIpc) is 3.36. The third kappa shape index (κ3) is 4.36. The first-order valence-corrected chi connectivity index (χ1v) is 12.2. The molecule has 1 amide bonds. The molecule has 1 aliphatic rings. The van der Waals surface area contributed by atoms with Gasteiger partial charge < -0.3 is 5.32 Å². The second-order valence-electron chi connectivity index (χ2n) is 8.02. The predicted molar refractivity (Wildman–Crippen MR) is 137 cm³/mol. The van der Waals surface area contributed by atoms with Gasteiger partial charge in [0.25, 0.3) is 0 Å². The van der Waals surface area contributed by atoms with Gasteiger partial charge in [-0.2, -0.15) is 0 Å². The van der Waals surface area contributed by atoms with E-state index in [0.717, 1.165) is 38.1 Å². The monoisotopic (exact) mass is 500 g/mol. The number of aryl methyl sites for hydroxylation is 1. The number of rotatable bonds is 3. The van der Waals surface area contributed by atoms with Crippen LogP contribution in [-0.2, 0) is 4.79 Å². The molecule has 1 aromatic carbocycles. The standard InChI is InChI=1S/C26H21ClN6OS/c1-15-21(12-11-19-6-4-5-13-29-19)35-26-23(15)24(17-7-9-18(27)10-8-17)30-20(14-22(34)28-3)25-32-31-16(2)33(25)26/h4-10,13,20H,14H2,1-3H3,(H,28,34)/t20-/m0/s1. The smallest absolute Gasteiger partial charge is 0.222 e. The molecule has 0 aliphatic carbocycles. The Kier molecular flexibility index (Phi) is 6.20. The number of carbonyl (C=O) groups excluding carboxylic acids is 1. The van der Waals surface area contributed by atoms with Crippen LogP contribution in [0, 0.1) is 25.7 Å². The van der Waals surface area contributed by atoms with E-state index in [0.29, 0.717) is 16.5 Å². The normalized spacial score (nSPS) is 14.2. The van der Waals surface area contributed by atoms with Gasteiger partial charge in [0, 0.05) is 29.4 Å². The number of hydrogen-bond acceptors (Lipinski definition) is 6. The van der Waals surface area contributed by atoms with Crippen molar-refractivity contribution in [3.63, 3.8) is 0 Å². The predicted octanol–water partition coefficient (Wildman–Crippen LogP) is 4.42. The van der Waals surface area contributed by atoms with Gasteiger partial charge in [0.05, 0.1) is 17.0 Å². The van der Waals surface area contributed by atoms with Crippen LogP contribution in [-0.4, -0.2) is 38.4 Å². The van der Waals surface area contributed by atoms with Gasteiger partial charge >= 0.3 is 0 Å². The van der Waals surface area contributed by atoms with Crippen molar-refractivity contribution in [1.29, 1.82) is 0 Å². The third-order valence-electron chi connectivity index (χ3n) is 5.75. The number of nitrogens with zero attached hydrogens (tertiary/aromatic N) is 5. The first kappa shape index (κ1) is 23.0. The van der Waals surface area contributed by atoms with E-state index in [1.54, 1.807) is 24.6 Å². The van der Waals surface area contributed by atoms with Crippen molar-refractivity contribution in [3.8, 4) is 16.8 Å². The summed E-state index contributed by atoms with van der Waals surface area (Å²) in [5, 5.41) is 13.0. The van der Waals surface area contributed by atoms with E-state index >= 15 is 0 Å². The number of pyridine rings is 1. The fraction of sp³-hybridized carbons (Fsp3) is 0.192. The molecule has 0 bridgehead atoms. The van der Waals surface area contributed by atoms with E-state index in [9.17, 15) is 4.79 Å². The highest BCUT2D eigenvalue weighted by atomic mass is 35.5. The molecule has 9 heteroatoms. The van der Waals surface area contributed by atoms with Crippen LogP contribution in [0.4, 0.5) is 0 Å². The fourth-order valence-corrected chi connectivity index (χ4v) is 5.32. The van der Waals surface area contributed by atoms with Crippen LogP contribution in [0.15, 0.2) is 53.7 Å². The highest BCUT2D eigenvalue weighted by molar-refractivity contribution is 7.15. The number of carbonyl (C=O) groups is 1. The van der Waals surface area contributed by atoms with Crippen LogP contribution in [0.1, 0.15) is 51.4 Å². The molecule has 0 fully saturated rings. The Labute approximate surface area is 211 Å². The molecule has 4 heterocycles. The molecule has 5 rings (SSSR count). The van der Waals surface area contributed by atoms with Crippen LogP contribution >= 0.6 is 22.9 Å². The maximum Gasteiger partial charge on any atom is 0.222 e. The van der Waals surface area contributed by atoms with Crippen molar-refractivity contribution in [3.05, 3.63) is 92.6 Å². The maximum atomic E-state index is 12.4. The number of fused-ring (bicyclic) bond motifs is 3. The van der Waals surface area contributed by atoms with Gasteiger partial charge in [-0.3, -0.25) is 14.4 Å². The highest BCUT2D eigenvalue weighted by Gasteiger charge is 2.32. The Morgan fingerprint density at radius 1 is 1.14 bits per heavy atom. The number of thiophene rings is 1. The molecule has 4 aromatic rings. The molecule has 0 saturated carbocycles. The molecule has 1 N–H and O–H groups in total. The Hall–Kier alpha value is -3.80. The van der Waals surface area contributed by atoms with E-state index in [1.807, 2.05) is 60.9 Å². The quantitative estimate of drug-likeness (QED) is 0.422. The zero-order valence-corrected chi connectivity index (χ0v) is 20.9. The number of amides is 1. The zero-order chi connectivity index (χ0) is 24.5. The van der Waals surface area contributed by atoms with Gasteiger partial charge in [-0.05, 0) is 55.5 Å². The molecule has 3 aromatic heterocycles. The highest BCUT2D eigenvalue weighted by Crippen LogP contribution is 2.39. The topological polar surface area (TPSA) is 85.1 Å². The van der Waals surface area contributed by atoms with E-state index in [2.05, 4.69) is 32.3 Å². The molecular formula is C26H21ClN6OS. The van der Waals surface area contributed by atoms with Crippen molar-refractivity contribution >= 4 is 34.6 Å². The van der Waals surface area contributed by atoms with Gasteiger partial charge in [-0.15, -0.1) is 21.5 Å². The SMILES string of the molecule is CNC(=O)C[C@@H]1N=C(c2ccc(Cl)cc2)c2c(sc(C#Cc3ccccn3)c2C)-n2c(C)nnc21. The van der Waals surface area contributed by atoms with Gasteiger partial charge in [0.15, 0.2) is 5.82 Å². The minimum Gasteiger partial charge on any atom is -0.359 e. The van der Waals surface area contributed by atoms with Crippen molar-refractivity contribution in [2.24, 2.45) is 4.99 Å². The van der Waals surface area contributed by atoms with Gasteiger partial charge in [-0.25, -0.2) is 4.98 Å². The lowest BCUT2D eigenvalue weighted by Gasteiger charge is -2.12. The molecule has 1 atom stereocenters. The van der Waals surface area contributed by atoms with E-state index in [4.69, 9.17) is 16.6 Å². The molecule has 0 spiro atoms. The summed E-state index contributed by atoms with van der Waals surface area (Å²) in [7, 11) is 1.62. The first-order valence-electron chi connectivity index (χ1n) is 11.0. The number of benzene rings is 1. The number of aliphatic imine (C=N–C) groups is 1. The van der Waals surface area contributed by atoms with Crippen molar-refractivity contribution in [1.82, 2.24) is 25.1 Å². The summed E-state index contributed by atoms with van der Waals surface area (Å²) in [6, 6.07) is 12.7. The largest absolute Gasteiger partial charge is 0.359 e. The summed E-state index contributed by atoms with van der Waals surface area (Å²) in [5.74, 6) is 7.69. The van der Waals surface area contributed by atoms with E-state index in [1.165, 1.54) is 0 Å². The van der Waals surface area contributed by atoms with Crippen LogP contribution < -0.4 is 5.32 Å². The lowest BCUT2D eigenvalue weighted by atomic mass is 9.99. The van der Waals surface area contributed by atoms with Crippen molar-refractivity contribution in [2.75, 3.05) is 7.05 Å². The van der Waals surface area contributed by atoms with Crippen molar-refractivity contribution in [2.45, 2.75) is 26.3 Å². The van der Waals surface area contributed by atoms with Crippen LogP contribution in [0.5, 0.6) is 0 Å². The van der Waals surface area contributed by atoms with E-state index in [-0.39, 0.29) is 12.3 Å². The number of hydrogen-bond donors (Lipinski definition) is 1. The third-order valence-corrected chi connectivity index (χ3v) is 7.19. The number of aromatic nitrogens is 4. The summed E-state index contributed by atoms with van der Waals surface area (Å²) in [6.07, 6.45) is 1.89. The fourth-order valence-electron chi connectivity index (χ4n) is 3.98. The summed E-state index contributed by atoms with van der Waals surface area (Å²) < 4.78 is 2.00. The summed E-state index contributed by atoms with van der Waals surface area (Å²) in [5.41, 5.74) is 4.33. The maximum absolute atomic E-state index is 12.4. The first-order chi connectivity index (χ1) is 17.0. The average molecular weight is 501 g/mol. The molecule has 7 nitrogen and oxygen atoms in total. The lowest BCUT2D eigenvalue weighted by Crippen LogP contribution is -2.21. The van der Waals surface area contributed by atoms with Gasteiger partial charge in [0.1, 0.15) is 22.6 Å². The lowest BCUT2D eigenvalue weighted by molar-refractivity contribution is -0.121. The number of halogens is 1. The summed E-state index contributed by atoms with van der Waals surface area (Å²) in [6.45, 7) is 3.94.